The Morgan fingerprint density at radius 3 is 2.32 bits per heavy atom. The van der Waals surface area contributed by atoms with Crippen LogP contribution >= 0.6 is 0 Å². The van der Waals surface area contributed by atoms with Crippen LogP contribution in [0.3, 0.4) is 0 Å². The van der Waals surface area contributed by atoms with Gasteiger partial charge in [0.2, 0.25) is 5.91 Å². The molecule has 2 amide bonds. The second-order valence-electron chi connectivity index (χ2n) is 6.24. The fourth-order valence-electron chi connectivity index (χ4n) is 2.80. The molecular formula is C22H22N2O4. The second-order valence-corrected chi connectivity index (χ2v) is 6.24. The van der Waals surface area contributed by atoms with Crippen LogP contribution in [0.2, 0.25) is 0 Å². The zero-order valence-electron chi connectivity index (χ0n) is 15.8. The van der Waals surface area contributed by atoms with Gasteiger partial charge in [-0.2, -0.15) is 0 Å². The van der Waals surface area contributed by atoms with E-state index < -0.39 is 0 Å². The topological polar surface area (TPSA) is 76.7 Å². The summed E-state index contributed by atoms with van der Waals surface area (Å²) in [6.45, 7) is 0.288. The highest BCUT2D eigenvalue weighted by Crippen LogP contribution is 2.21. The molecule has 0 aliphatic heterocycles. The number of fused-ring (bicyclic) bond motifs is 1. The van der Waals surface area contributed by atoms with E-state index in [1.807, 2.05) is 36.4 Å². The number of carbonyl (C=O) groups is 2. The average molecular weight is 378 g/mol. The van der Waals surface area contributed by atoms with Crippen LogP contribution in [-0.2, 0) is 11.3 Å². The van der Waals surface area contributed by atoms with Crippen molar-refractivity contribution in [3.63, 3.8) is 0 Å². The third-order valence-corrected chi connectivity index (χ3v) is 4.34. The number of methoxy groups -OCH3 is 2. The minimum atomic E-state index is -0.325. The van der Waals surface area contributed by atoms with E-state index in [9.17, 15) is 9.59 Å². The van der Waals surface area contributed by atoms with Gasteiger partial charge in [0.05, 0.1) is 20.8 Å². The average Bonchev–Trinajstić information content (AvgIpc) is 2.75. The molecular weight excluding hydrogens is 356 g/mol. The lowest BCUT2D eigenvalue weighted by Crippen LogP contribution is -2.36. The third kappa shape index (κ3) is 4.79. The fraction of sp³-hybridized carbons (Fsp3) is 0.182. The number of carbonyl (C=O) groups excluding carboxylic acids is 2. The number of rotatable bonds is 7. The first kappa shape index (κ1) is 19.2. The standard InChI is InChI=1S/C22H22N2O4/c1-27-19-5-3-4-18(12-19)22(26)24-14-21(25)23-13-15-6-7-17-11-20(28-2)9-8-16(17)10-15/h3-12H,13-14H2,1-2H3,(H,23,25)(H,24,26). The van der Waals surface area contributed by atoms with Gasteiger partial charge in [0.1, 0.15) is 11.5 Å². The number of hydrogen-bond acceptors (Lipinski definition) is 4. The molecule has 0 aliphatic rings. The molecule has 0 bridgehead atoms. The summed E-state index contributed by atoms with van der Waals surface area (Å²) in [4.78, 5) is 24.2. The van der Waals surface area contributed by atoms with Gasteiger partial charge in [-0.05, 0) is 52.7 Å². The second kappa shape index (κ2) is 8.90. The molecule has 0 radical (unpaired) electrons. The van der Waals surface area contributed by atoms with Gasteiger partial charge in [0.25, 0.3) is 5.91 Å². The lowest BCUT2D eigenvalue weighted by Gasteiger charge is -2.09. The van der Waals surface area contributed by atoms with E-state index in [2.05, 4.69) is 10.6 Å². The summed E-state index contributed by atoms with van der Waals surface area (Å²) in [5.41, 5.74) is 1.42. The van der Waals surface area contributed by atoms with E-state index in [4.69, 9.17) is 9.47 Å². The summed E-state index contributed by atoms with van der Waals surface area (Å²) in [7, 11) is 3.17. The lowest BCUT2D eigenvalue weighted by atomic mass is 10.1. The third-order valence-electron chi connectivity index (χ3n) is 4.34. The molecule has 3 aromatic rings. The summed E-state index contributed by atoms with van der Waals surface area (Å²) in [5, 5.41) is 7.56. The Morgan fingerprint density at radius 2 is 1.54 bits per heavy atom. The van der Waals surface area contributed by atoms with Crippen molar-refractivity contribution in [2.24, 2.45) is 0 Å². The summed E-state index contributed by atoms with van der Waals surface area (Å²) < 4.78 is 10.3. The zero-order valence-corrected chi connectivity index (χ0v) is 15.8. The van der Waals surface area contributed by atoms with Gasteiger partial charge in [-0.15, -0.1) is 0 Å². The maximum Gasteiger partial charge on any atom is 0.251 e. The molecule has 0 atom stereocenters. The van der Waals surface area contributed by atoms with Crippen LogP contribution in [0.15, 0.2) is 60.7 Å². The quantitative estimate of drug-likeness (QED) is 0.663. The summed E-state index contributed by atoms with van der Waals surface area (Å²) in [5.74, 6) is 0.811. The minimum Gasteiger partial charge on any atom is -0.497 e. The van der Waals surface area contributed by atoms with E-state index in [1.165, 1.54) is 7.11 Å². The molecule has 0 unspecified atom stereocenters. The van der Waals surface area contributed by atoms with Crippen LogP contribution in [0, 0.1) is 0 Å². The lowest BCUT2D eigenvalue weighted by molar-refractivity contribution is -0.120. The Hall–Kier alpha value is -3.54. The van der Waals surface area contributed by atoms with Crippen LogP contribution in [0.4, 0.5) is 0 Å². The van der Waals surface area contributed by atoms with Crippen molar-refractivity contribution in [3.05, 3.63) is 71.8 Å². The van der Waals surface area contributed by atoms with Gasteiger partial charge in [-0.3, -0.25) is 9.59 Å². The van der Waals surface area contributed by atoms with Crippen molar-refractivity contribution >= 4 is 22.6 Å². The molecule has 0 saturated heterocycles. The molecule has 0 spiro atoms. The van der Waals surface area contributed by atoms with E-state index in [-0.39, 0.29) is 18.4 Å². The Labute approximate surface area is 163 Å². The summed E-state index contributed by atoms with van der Waals surface area (Å²) >= 11 is 0. The monoisotopic (exact) mass is 378 g/mol. The molecule has 0 saturated carbocycles. The van der Waals surface area contributed by atoms with E-state index in [0.29, 0.717) is 17.9 Å². The molecule has 6 heteroatoms. The first-order valence-corrected chi connectivity index (χ1v) is 8.84. The fourth-order valence-corrected chi connectivity index (χ4v) is 2.80. The Bertz CT molecular complexity index is 1000. The van der Waals surface area contributed by atoms with Gasteiger partial charge in [-0.1, -0.05) is 24.3 Å². The molecule has 0 aromatic heterocycles. The van der Waals surface area contributed by atoms with Gasteiger partial charge in [-0.25, -0.2) is 0 Å². The van der Waals surface area contributed by atoms with E-state index >= 15 is 0 Å². The highest BCUT2D eigenvalue weighted by Gasteiger charge is 2.09. The van der Waals surface area contributed by atoms with Gasteiger partial charge in [0, 0.05) is 12.1 Å². The molecule has 0 fully saturated rings. The number of nitrogens with one attached hydrogen (secondary N) is 2. The molecule has 28 heavy (non-hydrogen) atoms. The van der Waals surface area contributed by atoms with E-state index in [0.717, 1.165) is 22.1 Å². The summed E-state index contributed by atoms with van der Waals surface area (Å²) in [6, 6.07) is 18.6. The van der Waals surface area contributed by atoms with Crippen molar-refractivity contribution in [2.75, 3.05) is 20.8 Å². The summed E-state index contributed by atoms with van der Waals surface area (Å²) in [6.07, 6.45) is 0. The zero-order chi connectivity index (χ0) is 19.9. The van der Waals surface area contributed by atoms with Crippen molar-refractivity contribution in [1.82, 2.24) is 10.6 Å². The van der Waals surface area contributed by atoms with E-state index in [1.54, 1.807) is 31.4 Å². The molecule has 3 rings (SSSR count). The normalized spacial score (nSPS) is 10.4. The Balaban J connectivity index is 1.52. The van der Waals surface area contributed by atoms with Crippen LogP contribution in [0.25, 0.3) is 10.8 Å². The Morgan fingerprint density at radius 1 is 0.821 bits per heavy atom. The van der Waals surface area contributed by atoms with Crippen LogP contribution in [0.1, 0.15) is 15.9 Å². The highest BCUT2D eigenvalue weighted by molar-refractivity contribution is 5.96. The van der Waals surface area contributed by atoms with Gasteiger partial charge in [0.15, 0.2) is 0 Å². The number of ether oxygens (including phenoxy) is 2. The predicted octanol–water partition coefficient (Wildman–Crippen LogP) is 2.90. The molecule has 144 valence electrons. The number of amides is 2. The molecule has 6 nitrogen and oxygen atoms in total. The number of benzene rings is 3. The van der Waals surface area contributed by atoms with Crippen molar-refractivity contribution < 1.29 is 19.1 Å². The first-order valence-electron chi connectivity index (χ1n) is 8.84. The maximum atomic E-state index is 12.1. The minimum absolute atomic E-state index is 0.0964. The molecule has 3 aromatic carbocycles. The molecule has 0 heterocycles. The first-order chi connectivity index (χ1) is 13.6. The van der Waals surface area contributed by atoms with Crippen LogP contribution in [0.5, 0.6) is 11.5 Å². The largest absolute Gasteiger partial charge is 0.497 e. The van der Waals surface area contributed by atoms with Crippen molar-refractivity contribution in [1.29, 1.82) is 0 Å². The van der Waals surface area contributed by atoms with Crippen molar-refractivity contribution in [3.8, 4) is 11.5 Å². The van der Waals surface area contributed by atoms with Crippen molar-refractivity contribution in [2.45, 2.75) is 6.54 Å². The maximum absolute atomic E-state index is 12.1. The Kier molecular flexibility index (Phi) is 6.11. The van der Waals surface area contributed by atoms with Crippen LogP contribution in [-0.4, -0.2) is 32.6 Å². The molecule has 2 N–H and O–H groups in total. The highest BCUT2D eigenvalue weighted by atomic mass is 16.5. The molecule has 0 aliphatic carbocycles. The van der Waals surface area contributed by atoms with Gasteiger partial charge < -0.3 is 20.1 Å². The predicted molar refractivity (Wildman–Crippen MR) is 108 cm³/mol. The van der Waals surface area contributed by atoms with Crippen LogP contribution < -0.4 is 20.1 Å². The van der Waals surface area contributed by atoms with Gasteiger partial charge >= 0.3 is 0 Å². The number of hydrogen-bond donors (Lipinski definition) is 2. The SMILES string of the molecule is COc1cccc(C(=O)NCC(=O)NCc2ccc3cc(OC)ccc3c2)c1. The smallest absolute Gasteiger partial charge is 0.251 e.